The second kappa shape index (κ2) is 6.27. The maximum absolute atomic E-state index is 11.1. The number of nitrogens with one attached hydrogen (secondary N) is 1. The summed E-state index contributed by atoms with van der Waals surface area (Å²) in [6.07, 6.45) is 1.30. The Morgan fingerprint density at radius 2 is 2.55 bits per heavy atom. The number of nitrogens with zero attached hydrogens (tertiary/aromatic N) is 4. The van der Waals surface area contributed by atoms with E-state index in [2.05, 4.69) is 10.3 Å². The van der Waals surface area contributed by atoms with Gasteiger partial charge < -0.3 is 15.0 Å². The molecule has 1 aromatic rings. The summed E-state index contributed by atoms with van der Waals surface area (Å²) in [5.41, 5.74) is -0.000230. The Balaban J connectivity index is 2.18. The van der Waals surface area contributed by atoms with Crippen LogP contribution < -0.4 is 10.2 Å². The van der Waals surface area contributed by atoms with Crippen LogP contribution in [0.1, 0.15) is 5.56 Å². The highest BCUT2D eigenvalue weighted by Crippen LogP contribution is 2.25. The molecule has 1 unspecified atom stereocenters. The number of hydrogen-bond acceptors (Lipinski definition) is 7. The van der Waals surface area contributed by atoms with Gasteiger partial charge in [-0.15, -0.1) is 0 Å². The lowest BCUT2D eigenvalue weighted by atomic mass is 10.2. The van der Waals surface area contributed by atoms with E-state index in [0.717, 1.165) is 6.54 Å². The molecule has 8 heteroatoms. The highest BCUT2D eigenvalue weighted by atomic mass is 16.6. The van der Waals surface area contributed by atoms with E-state index in [4.69, 9.17) is 10.00 Å². The first-order valence-corrected chi connectivity index (χ1v) is 6.20. The maximum atomic E-state index is 11.1. The molecule has 1 fully saturated rings. The lowest BCUT2D eigenvalue weighted by molar-refractivity contribution is -0.384. The van der Waals surface area contributed by atoms with Gasteiger partial charge in [-0.25, -0.2) is 4.98 Å². The van der Waals surface area contributed by atoms with Gasteiger partial charge in [0.15, 0.2) is 0 Å². The van der Waals surface area contributed by atoms with Crippen molar-refractivity contribution in [3.63, 3.8) is 0 Å². The van der Waals surface area contributed by atoms with Crippen molar-refractivity contribution in [3.8, 4) is 6.07 Å². The standard InChI is InChI=1S/C12H15N5O3/c1-16(8-10-7-14-2-3-20-10)12-11(17(18)19)4-9(5-13)6-15-12/h4,6,10,14H,2-3,7-8H2,1H3. The van der Waals surface area contributed by atoms with Gasteiger partial charge in [0.05, 0.1) is 23.2 Å². The van der Waals surface area contributed by atoms with E-state index < -0.39 is 4.92 Å². The number of aromatic nitrogens is 1. The summed E-state index contributed by atoms with van der Waals surface area (Å²) in [5, 5.41) is 23.1. The second-order valence-corrected chi connectivity index (χ2v) is 4.51. The SMILES string of the molecule is CN(CC1CNCCO1)c1ncc(C#N)cc1[N+](=O)[O-]. The lowest BCUT2D eigenvalue weighted by Crippen LogP contribution is -2.44. The lowest BCUT2D eigenvalue weighted by Gasteiger charge is -2.28. The average Bonchev–Trinajstić information content (AvgIpc) is 2.47. The van der Waals surface area contributed by atoms with Crippen molar-refractivity contribution in [2.45, 2.75) is 6.10 Å². The van der Waals surface area contributed by atoms with Gasteiger partial charge in [0, 0.05) is 38.9 Å². The quantitative estimate of drug-likeness (QED) is 0.622. The topological polar surface area (TPSA) is 104 Å². The maximum Gasteiger partial charge on any atom is 0.312 e. The van der Waals surface area contributed by atoms with Crippen LogP contribution >= 0.6 is 0 Å². The summed E-state index contributed by atoms with van der Waals surface area (Å²) in [4.78, 5) is 16.2. The number of nitriles is 1. The minimum absolute atomic E-state index is 0.0363. The first kappa shape index (κ1) is 14.2. The molecule has 0 radical (unpaired) electrons. The van der Waals surface area contributed by atoms with E-state index in [-0.39, 0.29) is 23.2 Å². The second-order valence-electron chi connectivity index (χ2n) is 4.51. The normalized spacial score (nSPS) is 18.3. The van der Waals surface area contributed by atoms with Crippen molar-refractivity contribution < 1.29 is 9.66 Å². The Morgan fingerprint density at radius 3 is 3.15 bits per heavy atom. The summed E-state index contributed by atoms with van der Waals surface area (Å²) in [5.74, 6) is 0.239. The molecule has 1 aliphatic rings. The molecule has 106 valence electrons. The molecular formula is C12H15N5O3. The van der Waals surface area contributed by atoms with Crippen molar-refractivity contribution in [1.82, 2.24) is 10.3 Å². The highest BCUT2D eigenvalue weighted by molar-refractivity contribution is 5.59. The van der Waals surface area contributed by atoms with Crippen molar-refractivity contribution in [2.75, 3.05) is 38.2 Å². The first-order valence-electron chi connectivity index (χ1n) is 6.20. The number of nitro groups is 1. The van der Waals surface area contributed by atoms with Crippen LogP contribution in [0.2, 0.25) is 0 Å². The molecule has 0 amide bonds. The van der Waals surface area contributed by atoms with Gasteiger partial charge in [0.25, 0.3) is 0 Å². The molecule has 1 atom stereocenters. The van der Waals surface area contributed by atoms with Gasteiger partial charge in [-0.2, -0.15) is 5.26 Å². The molecule has 0 aliphatic carbocycles. The number of rotatable bonds is 4. The smallest absolute Gasteiger partial charge is 0.312 e. The third-order valence-electron chi connectivity index (χ3n) is 3.02. The number of pyridine rings is 1. The van der Waals surface area contributed by atoms with Crippen molar-refractivity contribution in [1.29, 1.82) is 5.26 Å². The fraction of sp³-hybridized carbons (Fsp3) is 0.500. The van der Waals surface area contributed by atoms with Crippen LogP contribution in [-0.2, 0) is 4.74 Å². The van der Waals surface area contributed by atoms with Gasteiger partial charge >= 0.3 is 5.69 Å². The molecule has 8 nitrogen and oxygen atoms in total. The number of likely N-dealkylation sites (N-methyl/N-ethyl adjacent to an activating group) is 1. The minimum Gasteiger partial charge on any atom is -0.374 e. The van der Waals surface area contributed by atoms with E-state index in [0.29, 0.717) is 19.7 Å². The molecule has 1 aliphatic heterocycles. The monoisotopic (exact) mass is 277 g/mol. The summed E-state index contributed by atoms with van der Waals surface area (Å²) in [6, 6.07) is 3.08. The van der Waals surface area contributed by atoms with Crippen LogP contribution in [-0.4, -0.2) is 49.3 Å². The summed E-state index contributed by atoms with van der Waals surface area (Å²) in [7, 11) is 1.72. The van der Waals surface area contributed by atoms with Crippen LogP contribution in [0.5, 0.6) is 0 Å². The molecule has 2 rings (SSSR count). The minimum atomic E-state index is -0.528. The van der Waals surface area contributed by atoms with Gasteiger partial charge in [0.2, 0.25) is 5.82 Å². The van der Waals surface area contributed by atoms with Crippen LogP contribution in [0.4, 0.5) is 11.5 Å². The van der Waals surface area contributed by atoms with Crippen LogP contribution in [0.25, 0.3) is 0 Å². The molecule has 0 spiro atoms. The molecule has 1 aromatic heterocycles. The molecule has 1 saturated heterocycles. The van der Waals surface area contributed by atoms with Crippen molar-refractivity contribution >= 4 is 11.5 Å². The molecule has 0 bridgehead atoms. The van der Waals surface area contributed by atoms with Gasteiger partial charge in [-0.05, 0) is 0 Å². The zero-order valence-electron chi connectivity index (χ0n) is 11.1. The molecule has 20 heavy (non-hydrogen) atoms. The zero-order chi connectivity index (χ0) is 14.5. The Labute approximate surface area is 116 Å². The van der Waals surface area contributed by atoms with E-state index in [1.165, 1.54) is 12.3 Å². The number of ether oxygens (including phenoxy) is 1. The average molecular weight is 277 g/mol. The Hall–Kier alpha value is -2.24. The Bertz CT molecular complexity index is 536. The fourth-order valence-corrected chi connectivity index (χ4v) is 2.06. The van der Waals surface area contributed by atoms with Crippen LogP contribution in [0.15, 0.2) is 12.3 Å². The number of anilines is 1. The zero-order valence-corrected chi connectivity index (χ0v) is 11.1. The summed E-state index contributed by atoms with van der Waals surface area (Å²) < 4.78 is 5.56. The third-order valence-corrected chi connectivity index (χ3v) is 3.02. The number of hydrogen-bond donors (Lipinski definition) is 1. The van der Waals surface area contributed by atoms with Crippen LogP contribution in [0, 0.1) is 21.4 Å². The van der Waals surface area contributed by atoms with E-state index in [1.807, 2.05) is 6.07 Å². The molecule has 0 aromatic carbocycles. The summed E-state index contributed by atoms with van der Waals surface area (Å²) in [6.45, 7) is 2.64. The largest absolute Gasteiger partial charge is 0.374 e. The van der Waals surface area contributed by atoms with E-state index >= 15 is 0 Å². The number of morpholine rings is 1. The Kier molecular flexibility index (Phi) is 4.45. The van der Waals surface area contributed by atoms with Crippen molar-refractivity contribution in [3.05, 3.63) is 27.9 Å². The van der Waals surface area contributed by atoms with Gasteiger partial charge in [-0.1, -0.05) is 0 Å². The molecular weight excluding hydrogens is 262 g/mol. The summed E-state index contributed by atoms with van der Waals surface area (Å²) >= 11 is 0. The Morgan fingerprint density at radius 1 is 1.75 bits per heavy atom. The first-order chi connectivity index (χ1) is 9.61. The third kappa shape index (κ3) is 3.20. The molecule has 0 saturated carbocycles. The van der Waals surface area contributed by atoms with Crippen LogP contribution in [0.3, 0.4) is 0 Å². The van der Waals surface area contributed by atoms with Gasteiger partial charge in [0.1, 0.15) is 6.07 Å². The van der Waals surface area contributed by atoms with E-state index in [9.17, 15) is 10.1 Å². The van der Waals surface area contributed by atoms with Gasteiger partial charge in [-0.3, -0.25) is 10.1 Å². The predicted molar refractivity (Wildman–Crippen MR) is 71.5 cm³/mol. The highest BCUT2D eigenvalue weighted by Gasteiger charge is 2.23. The predicted octanol–water partition coefficient (Wildman–Crippen LogP) is 0.286. The van der Waals surface area contributed by atoms with E-state index in [1.54, 1.807) is 11.9 Å². The molecule has 2 heterocycles. The fourth-order valence-electron chi connectivity index (χ4n) is 2.06. The van der Waals surface area contributed by atoms with Crippen molar-refractivity contribution in [2.24, 2.45) is 0 Å². The molecule has 1 N–H and O–H groups in total.